The molecule has 1 aromatic carbocycles. The van der Waals surface area contributed by atoms with Gasteiger partial charge in [0.05, 0.1) is 11.7 Å². The Morgan fingerprint density at radius 2 is 2.07 bits per heavy atom. The predicted molar refractivity (Wildman–Crippen MR) is 64.7 cm³/mol. The molecule has 2 N–H and O–H groups in total. The third kappa shape index (κ3) is 3.56. The van der Waals surface area contributed by atoms with Crippen LogP contribution in [0.5, 0.6) is 0 Å². The van der Waals surface area contributed by atoms with E-state index < -0.39 is 0 Å². The second kappa shape index (κ2) is 4.67. The summed E-state index contributed by atoms with van der Waals surface area (Å²) in [5, 5.41) is 0. The average molecular weight is 207 g/mol. The van der Waals surface area contributed by atoms with Gasteiger partial charge in [-0.25, -0.2) is 0 Å². The number of anilines is 1. The molecule has 1 aromatic rings. The van der Waals surface area contributed by atoms with Crippen LogP contribution in [0.4, 0.5) is 5.69 Å². The summed E-state index contributed by atoms with van der Waals surface area (Å²) in [7, 11) is 0. The third-order valence-corrected chi connectivity index (χ3v) is 2.73. The van der Waals surface area contributed by atoms with Crippen molar-refractivity contribution in [2.24, 2.45) is 0 Å². The fraction of sp³-hybridized carbons (Fsp3) is 0.538. The van der Waals surface area contributed by atoms with E-state index in [2.05, 4.69) is 27.7 Å². The summed E-state index contributed by atoms with van der Waals surface area (Å²) in [6.45, 7) is 8.41. The standard InChI is InChI=1S/C13H21NO/c1-5-13(3,4)15-10(2)11-7-6-8-12(14)9-11/h6-10H,5,14H2,1-4H3. The number of hydrogen-bond acceptors (Lipinski definition) is 2. The molecule has 0 heterocycles. The third-order valence-electron chi connectivity index (χ3n) is 2.73. The van der Waals surface area contributed by atoms with Gasteiger partial charge in [-0.2, -0.15) is 0 Å². The van der Waals surface area contributed by atoms with E-state index in [1.165, 1.54) is 0 Å². The van der Waals surface area contributed by atoms with Crippen molar-refractivity contribution < 1.29 is 4.74 Å². The zero-order valence-corrected chi connectivity index (χ0v) is 10.1. The minimum atomic E-state index is -0.0793. The molecule has 84 valence electrons. The van der Waals surface area contributed by atoms with Crippen LogP contribution in [0, 0.1) is 0 Å². The van der Waals surface area contributed by atoms with Crippen molar-refractivity contribution in [3.8, 4) is 0 Å². The predicted octanol–water partition coefficient (Wildman–Crippen LogP) is 3.54. The highest BCUT2D eigenvalue weighted by Crippen LogP contribution is 2.26. The minimum absolute atomic E-state index is 0.0793. The molecule has 1 unspecified atom stereocenters. The van der Waals surface area contributed by atoms with E-state index in [9.17, 15) is 0 Å². The molecule has 1 rings (SSSR count). The number of nitrogens with two attached hydrogens (primary N) is 1. The van der Waals surface area contributed by atoms with Gasteiger partial charge in [0.25, 0.3) is 0 Å². The molecule has 0 fully saturated rings. The summed E-state index contributed by atoms with van der Waals surface area (Å²) in [4.78, 5) is 0. The molecule has 0 aliphatic heterocycles. The molecular formula is C13H21NO. The lowest BCUT2D eigenvalue weighted by Crippen LogP contribution is -2.24. The molecule has 0 bridgehead atoms. The van der Waals surface area contributed by atoms with Gasteiger partial charge in [0, 0.05) is 5.69 Å². The van der Waals surface area contributed by atoms with Crippen LogP contribution in [-0.2, 0) is 4.74 Å². The Labute approximate surface area is 92.4 Å². The van der Waals surface area contributed by atoms with Crippen LogP contribution in [0.2, 0.25) is 0 Å². The molecule has 2 heteroatoms. The molecule has 0 aliphatic rings. The van der Waals surface area contributed by atoms with Gasteiger partial charge in [-0.1, -0.05) is 19.1 Å². The zero-order valence-electron chi connectivity index (χ0n) is 10.1. The molecule has 1 atom stereocenters. The Hall–Kier alpha value is -1.02. The number of rotatable bonds is 4. The smallest absolute Gasteiger partial charge is 0.0804 e. The van der Waals surface area contributed by atoms with E-state index in [1.807, 2.05) is 24.3 Å². The van der Waals surface area contributed by atoms with Gasteiger partial charge < -0.3 is 10.5 Å². The Bertz CT molecular complexity index is 320. The van der Waals surface area contributed by atoms with Crippen molar-refractivity contribution in [3.05, 3.63) is 29.8 Å². The van der Waals surface area contributed by atoms with Crippen LogP contribution in [0.25, 0.3) is 0 Å². The van der Waals surface area contributed by atoms with Gasteiger partial charge in [0.1, 0.15) is 0 Å². The van der Waals surface area contributed by atoms with E-state index in [1.54, 1.807) is 0 Å². The van der Waals surface area contributed by atoms with Crippen molar-refractivity contribution >= 4 is 5.69 Å². The highest BCUT2D eigenvalue weighted by Gasteiger charge is 2.19. The van der Waals surface area contributed by atoms with Crippen molar-refractivity contribution in [2.75, 3.05) is 5.73 Å². The first-order valence-electron chi connectivity index (χ1n) is 5.48. The quantitative estimate of drug-likeness (QED) is 0.766. The first-order chi connectivity index (χ1) is 6.94. The molecule has 0 spiro atoms. The minimum Gasteiger partial charge on any atom is -0.399 e. The maximum Gasteiger partial charge on any atom is 0.0804 e. The highest BCUT2D eigenvalue weighted by molar-refractivity contribution is 5.41. The first kappa shape index (κ1) is 12.1. The largest absolute Gasteiger partial charge is 0.399 e. The highest BCUT2D eigenvalue weighted by atomic mass is 16.5. The Morgan fingerprint density at radius 1 is 1.40 bits per heavy atom. The molecule has 0 saturated heterocycles. The number of ether oxygens (including phenoxy) is 1. The second-order valence-electron chi connectivity index (χ2n) is 4.54. The maximum absolute atomic E-state index is 5.97. The van der Waals surface area contributed by atoms with Crippen LogP contribution >= 0.6 is 0 Å². The molecule has 0 amide bonds. The van der Waals surface area contributed by atoms with Gasteiger partial charge in [-0.3, -0.25) is 0 Å². The van der Waals surface area contributed by atoms with Gasteiger partial charge >= 0.3 is 0 Å². The van der Waals surface area contributed by atoms with Crippen molar-refractivity contribution in [3.63, 3.8) is 0 Å². The SMILES string of the molecule is CCC(C)(C)OC(C)c1cccc(N)c1. The van der Waals surface area contributed by atoms with Gasteiger partial charge in [-0.05, 0) is 44.9 Å². The molecule has 2 nitrogen and oxygen atoms in total. The lowest BCUT2D eigenvalue weighted by atomic mass is 10.0. The molecular weight excluding hydrogens is 186 g/mol. The van der Waals surface area contributed by atoms with Gasteiger partial charge in [0.15, 0.2) is 0 Å². The number of benzene rings is 1. The Balaban J connectivity index is 2.73. The van der Waals surface area contributed by atoms with Crippen molar-refractivity contribution in [1.82, 2.24) is 0 Å². The summed E-state index contributed by atoms with van der Waals surface area (Å²) in [6, 6.07) is 7.87. The van der Waals surface area contributed by atoms with Crippen molar-refractivity contribution in [1.29, 1.82) is 0 Å². The second-order valence-corrected chi connectivity index (χ2v) is 4.54. The maximum atomic E-state index is 5.97. The van der Waals surface area contributed by atoms with Crippen LogP contribution in [0.3, 0.4) is 0 Å². The fourth-order valence-electron chi connectivity index (χ4n) is 1.44. The van der Waals surface area contributed by atoms with Gasteiger partial charge in [-0.15, -0.1) is 0 Å². The Morgan fingerprint density at radius 3 is 2.60 bits per heavy atom. The lowest BCUT2D eigenvalue weighted by molar-refractivity contribution is -0.0673. The molecule has 15 heavy (non-hydrogen) atoms. The van der Waals surface area contributed by atoms with Crippen molar-refractivity contribution in [2.45, 2.75) is 45.8 Å². The number of nitrogen functional groups attached to an aromatic ring is 1. The lowest BCUT2D eigenvalue weighted by Gasteiger charge is -2.28. The normalized spacial score (nSPS) is 13.9. The molecule has 0 aliphatic carbocycles. The van der Waals surface area contributed by atoms with Crippen LogP contribution in [-0.4, -0.2) is 5.60 Å². The fourth-order valence-corrected chi connectivity index (χ4v) is 1.44. The summed E-state index contributed by atoms with van der Waals surface area (Å²) < 4.78 is 5.97. The molecule has 0 aromatic heterocycles. The summed E-state index contributed by atoms with van der Waals surface area (Å²) in [6.07, 6.45) is 1.09. The van der Waals surface area contributed by atoms with Crippen LogP contribution in [0.1, 0.15) is 45.8 Å². The number of hydrogen-bond donors (Lipinski definition) is 1. The average Bonchev–Trinajstić information content (AvgIpc) is 2.17. The van der Waals surface area contributed by atoms with Crippen LogP contribution in [0.15, 0.2) is 24.3 Å². The van der Waals surface area contributed by atoms with E-state index in [-0.39, 0.29) is 11.7 Å². The monoisotopic (exact) mass is 207 g/mol. The van der Waals surface area contributed by atoms with Crippen LogP contribution < -0.4 is 5.73 Å². The van der Waals surface area contributed by atoms with E-state index in [0.717, 1.165) is 17.7 Å². The van der Waals surface area contributed by atoms with E-state index in [0.29, 0.717) is 0 Å². The van der Waals surface area contributed by atoms with Gasteiger partial charge in [0.2, 0.25) is 0 Å². The molecule has 0 saturated carbocycles. The van der Waals surface area contributed by atoms with E-state index in [4.69, 9.17) is 10.5 Å². The summed E-state index contributed by atoms with van der Waals surface area (Å²) in [5.41, 5.74) is 7.58. The summed E-state index contributed by atoms with van der Waals surface area (Å²) in [5.74, 6) is 0. The Kier molecular flexibility index (Phi) is 3.75. The summed E-state index contributed by atoms with van der Waals surface area (Å²) >= 11 is 0. The van der Waals surface area contributed by atoms with E-state index >= 15 is 0 Å². The molecule has 0 radical (unpaired) electrons. The zero-order chi connectivity index (χ0) is 11.5. The topological polar surface area (TPSA) is 35.2 Å². The first-order valence-corrected chi connectivity index (χ1v) is 5.48.